The number of aromatic nitrogens is 2. The zero-order valence-corrected chi connectivity index (χ0v) is 8.93. The first-order chi connectivity index (χ1) is 7.81. The maximum Gasteiger partial charge on any atom is 0.0682 e. The van der Waals surface area contributed by atoms with E-state index in [2.05, 4.69) is 10.2 Å². The van der Waals surface area contributed by atoms with Crippen molar-refractivity contribution < 1.29 is 5.11 Å². The molecule has 4 nitrogen and oxygen atoms in total. The zero-order chi connectivity index (χ0) is 11.4. The topological polar surface area (TPSA) is 74.9 Å². The molecule has 0 aliphatic carbocycles. The molecule has 2 rings (SSSR count). The van der Waals surface area contributed by atoms with Gasteiger partial charge in [0.1, 0.15) is 0 Å². The predicted octanol–water partition coefficient (Wildman–Crippen LogP) is 0.939. The smallest absolute Gasteiger partial charge is 0.0682 e. The molecule has 0 fully saturated rings. The third-order valence-corrected chi connectivity index (χ3v) is 2.50. The fraction of sp³-hybridized carbons (Fsp3) is 0.250. The Morgan fingerprint density at radius 2 is 2.06 bits per heavy atom. The van der Waals surface area contributed by atoms with Gasteiger partial charge in [0.2, 0.25) is 0 Å². The van der Waals surface area contributed by atoms with Gasteiger partial charge in [0.15, 0.2) is 0 Å². The number of H-pyrrole nitrogens is 1. The molecule has 0 amide bonds. The van der Waals surface area contributed by atoms with E-state index < -0.39 is 0 Å². The molecule has 0 saturated carbocycles. The van der Waals surface area contributed by atoms with Gasteiger partial charge in [-0.05, 0) is 17.5 Å². The Kier molecular flexibility index (Phi) is 3.34. The minimum Gasteiger partial charge on any atom is -0.395 e. The van der Waals surface area contributed by atoms with E-state index in [1.165, 1.54) is 0 Å². The highest BCUT2D eigenvalue weighted by Gasteiger charge is 2.10. The van der Waals surface area contributed by atoms with Crippen molar-refractivity contribution in [2.45, 2.75) is 12.5 Å². The Labute approximate surface area is 94.1 Å². The number of rotatable bonds is 4. The number of hydrogen-bond donors (Lipinski definition) is 3. The lowest BCUT2D eigenvalue weighted by Crippen LogP contribution is -2.26. The summed E-state index contributed by atoms with van der Waals surface area (Å²) in [5.41, 5.74) is 8.81. The van der Waals surface area contributed by atoms with Gasteiger partial charge in [-0.2, -0.15) is 5.10 Å². The highest BCUT2D eigenvalue weighted by atomic mass is 16.3. The summed E-state index contributed by atoms with van der Waals surface area (Å²) in [7, 11) is 0. The van der Waals surface area contributed by atoms with Gasteiger partial charge in [-0.15, -0.1) is 0 Å². The van der Waals surface area contributed by atoms with Crippen molar-refractivity contribution in [3.63, 3.8) is 0 Å². The summed E-state index contributed by atoms with van der Waals surface area (Å²) in [5.74, 6) is 0. The van der Waals surface area contributed by atoms with Crippen LogP contribution < -0.4 is 5.73 Å². The molecule has 0 aliphatic rings. The maximum absolute atomic E-state index is 8.94. The molecule has 0 bridgehead atoms. The third kappa shape index (κ3) is 2.29. The average Bonchev–Trinajstić information content (AvgIpc) is 2.78. The molecule has 0 spiro atoms. The van der Waals surface area contributed by atoms with E-state index in [0.717, 1.165) is 16.8 Å². The molecule has 1 aromatic carbocycles. The van der Waals surface area contributed by atoms with Gasteiger partial charge in [-0.25, -0.2) is 0 Å². The first-order valence-electron chi connectivity index (χ1n) is 5.25. The number of nitrogens with one attached hydrogen (secondary N) is 1. The van der Waals surface area contributed by atoms with Crippen molar-refractivity contribution in [2.24, 2.45) is 5.73 Å². The number of aromatic amines is 1. The van der Waals surface area contributed by atoms with Crippen molar-refractivity contribution in [2.75, 3.05) is 6.61 Å². The first-order valence-corrected chi connectivity index (χ1v) is 5.25. The molecule has 84 valence electrons. The van der Waals surface area contributed by atoms with Crippen LogP contribution in [0.2, 0.25) is 0 Å². The van der Waals surface area contributed by atoms with E-state index in [-0.39, 0.29) is 12.6 Å². The van der Waals surface area contributed by atoms with Crippen LogP contribution in [0.1, 0.15) is 5.56 Å². The molecule has 1 heterocycles. The number of nitrogens with zero attached hydrogens (tertiary/aromatic N) is 1. The largest absolute Gasteiger partial charge is 0.395 e. The summed E-state index contributed by atoms with van der Waals surface area (Å²) >= 11 is 0. The molecule has 2 aromatic rings. The highest BCUT2D eigenvalue weighted by molar-refractivity contribution is 5.62. The van der Waals surface area contributed by atoms with Gasteiger partial charge in [-0.1, -0.05) is 30.3 Å². The van der Waals surface area contributed by atoms with Crippen LogP contribution in [0.4, 0.5) is 0 Å². The van der Waals surface area contributed by atoms with Gasteiger partial charge in [0.25, 0.3) is 0 Å². The first kappa shape index (κ1) is 10.9. The number of hydrogen-bond acceptors (Lipinski definition) is 3. The summed E-state index contributed by atoms with van der Waals surface area (Å²) in [4.78, 5) is 0. The molecule has 0 aliphatic heterocycles. The van der Waals surface area contributed by atoms with Gasteiger partial charge < -0.3 is 10.8 Å². The van der Waals surface area contributed by atoms with Crippen molar-refractivity contribution in [1.82, 2.24) is 10.2 Å². The van der Waals surface area contributed by atoms with Crippen LogP contribution in [-0.2, 0) is 6.42 Å². The second-order valence-electron chi connectivity index (χ2n) is 3.78. The number of aliphatic hydroxyl groups excluding tert-OH is 1. The Bertz CT molecular complexity index is 439. The monoisotopic (exact) mass is 217 g/mol. The van der Waals surface area contributed by atoms with Crippen LogP contribution >= 0.6 is 0 Å². The van der Waals surface area contributed by atoms with E-state index in [1.54, 1.807) is 6.20 Å². The van der Waals surface area contributed by atoms with E-state index in [0.29, 0.717) is 6.42 Å². The maximum atomic E-state index is 8.94. The average molecular weight is 217 g/mol. The fourth-order valence-electron chi connectivity index (χ4n) is 1.67. The Morgan fingerprint density at radius 1 is 1.31 bits per heavy atom. The molecule has 16 heavy (non-hydrogen) atoms. The number of benzene rings is 1. The van der Waals surface area contributed by atoms with Crippen molar-refractivity contribution in [3.8, 4) is 11.3 Å². The summed E-state index contributed by atoms with van der Waals surface area (Å²) in [6, 6.07) is 9.72. The molecule has 1 unspecified atom stereocenters. The second-order valence-corrected chi connectivity index (χ2v) is 3.78. The molecule has 1 atom stereocenters. The SMILES string of the molecule is NC(CO)Cc1cn[nH]c1-c1ccccc1. The van der Waals surface area contributed by atoms with Crippen LogP contribution in [0.15, 0.2) is 36.5 Å². The van der Waals surface area contributed by atoms with Crippen LogP contribution in [0.25, 0.3) is 11.3 Å². The summed E-state index contributed by atoms with van der Waals surface area (Å²) in [6.45, 7) is -0.0145. The van der Waals surface area contributed by atoms with E-state index in [9.17, 15) is 0 Å². The summed E-state index contributed by atoms with van der Waals surface area (Å²) in [6.07, 6.45) is 2.38. The quantitative estimate of drug-likeness (QED) is 0.713. The van der Waals surface area contributed by atoms with Gasteiger partial charge in [0.05, 0.1) is 18.5 Å². The molecule has 4 heteroatoms. The fourth-order valence-corrected chi connectivity index (χ4v) is 1.67. The zero-order valence-electron chi connectivity index (χ0n) is 8.93. The van der Waals surface area contributed by atoms with Crippen molar-refractivity contribution in [3.05, 3.63) is 42.1 Å². The third-order valence-electron chi connectivity index (χ3n) is 2.50. The van der Waals surface area contributed by atoms with Gasteiger partial charge >= 0.3 is 0 Å². The highest BCUT2D eigenvalue weighted by Crippen LogP contribution is 2.21. The van der Waals surface area contributed by atoms with Crippen LogP contribution in [0.3, 0.4) is 0 Å². The molecule has 0 radical (unpaired) electrons. The van der Waals surface area contributed by atoms with E-state index in [4.69, 9.17) is 10.8 Å². The lowest BCUT2D eigenvalue weighted by Gasteiger charge is -2.08. The Balaban J connectivity index is 2.26. The standard InChI is InChI=1S/C12H15N3O/c13-11(8-16)6-10-7-14-15-12(10)9-4-2-1-3-5-9/h1-5,7,11,16H,6,8,13H2,(H,14,15). The Morgan fingerprint density at radius 3 is 2.75 bits per heavy atom. The van der Waals surface area contributed by atoms with E-state index >= 15 is 0 Å². The van der Waals surface area contributed by atoms with E-state index in [1.807, 2.05) is 30.3 Å². The normalized spacial score (nSPS) is 12.6. The summed E-state index contributed by atoms with van der Waals surface area (Å²) in [5, 5.41) is 15.9. The van der Waals surface area contributed by atoms with Crippen LogP contribution in [0, 0.1) is 0 Å². The molecular weight excluding hydrogens is 202 g/mol. The number of nitrogens with two attached hydrogens (primary N) is 1. The number of aliphatic hydroxyl groups is 1. The minimum absolute atomic E-state index is 0.0145. The van der Waals surface area contributed by atoms with Crippen LogP contribution in [0.5, 0.6) is 0 Å². The summed E-state index contributed by atoms with van der Waals surface area (Å²) < 4.78 is 0. The molecule has 4 N–H and O–H groups in total. The molecular formula is C12H15N3O. The van der Waals surface area contributed by atoms with Crippen LogP contribution in [-0.4, -0.2) is 28.0 Å². The van der Waals surface area contributed by atoms with Crippen molar-refractivity contribution in [1.29, 1.82) is 0 Å². The minimum atomic E-state index is -0.236. The molecule has 1 aromatic heterocycles. The lowest BCUT2D eigenvalue weighted by molar-refractivity contribution is 0.265. The second kappa shape index (κ2) is 4.92. The van der Waals surface area contributed by atoms with Gasteiger partial charge in [-0.3, -0.25) is 5.10 Å². The van der Waals surface area contributed by atoms with Crippen molar-refractivity contribution >= 4 is 0 Å². The lowest BCUT2D eigenvalue weighted by atomic mass is 10.0. The Hall–Kier alpha value is -1.65. The molecule has 0 saturated heterocycles. The van der Waals surface area contributed by atoms with Gasteiger partial charge in [0, 0.05) is 6.04 Å². The predicted molar refractivity (Wildman–Crippen MR) is 62.8 cm³/mol.